The van der Waals surface area contributed by atoms with Crippen molar-refractivity contribution < 1.29 is 19.1 Å². The maximum absolute atomic E-state index is 12.5. The quantitative estimate of drug-likeness (QED) is 0.513. The van der Waals surface area contributed by atoms with Crippen LogP contribution >= 0.6 is 11.3 Å². The number of nitrogens with one attached hydrogen (secondary N) is 2. The summed E-state index contributed by atoms with van der Waals surface area (Å²) in [5, 5.41) is 6.87. The lowest BCUT2D eigenvalue weighted by Gasteiger charge is -2.19. The summed E-state index contributed by atoms with van der Waals surface area (Å²) < 4.78 is 4.68. The van der Waals surface area contributed by atoms with Gasteiger partial charge in [-0.05, 0) is 22.6 Å². The van der Waals surface area contributed by atoms with Crippen LogP contribution in [-0.2, 0) is 14.3 Å². The number of amides is 2. The summed E-state index contributed by atoms with van der Waals surface area (Å²) in [4.78, 5) is 36.9. The minimum absolute atomic E-state index is 0.228. The van der Waals surface area contributed by atoms with Gasteiger partial charge < -0.3 is 15.4 Å². The van der Waals surface area contributed by atoms with Crippen LogP contribution in [0.15, 0.2) is 72.1 Å². The third-order valence-electron chi connectivity index (χ3n) is 4.03. The molecular formula is C21H18N2O4S. The monoisotopic (exact) mass is 394 g/mol. The second-order valence-electron chi connectivity index (χ2n) is 5.84. The second kappa shape index (κ2) is 8.96. The molecule has 0 aliphatic carbocycles. The number of thiophene rings is 1. The molecule has 1 heterocycles. The SMILES string of the molecule is COC(=O)c1sccc1NC(=O)C(=O)NC(c1ccccc1)c1ccccc1. The molecule has 0 unspecified atom stereocenters. The van der Waals surface area contributed by atoms with E-state index in [0.717, 1.165) is 22.5 Å². The van der Waals surface area contributed by atoms with Gasteiger partial charge in [0, 0.05) is 0 Å². The van der Waals surface area contributed by atoms with Gasteiger partial charge in [-0.25, -0.2) is 4.79 Å². The molecule has 0 aliphatic heterocycles. The lowest BCUT2D eigenvalue weighted by molar-refractivity contribution is -0.136. The van der Waals surface area contributed by atoms with Gasteiger partial charge in [-0.1, -0.05) is 60.7 Å². The van der Waals surface area contributed by atoms with Crippen molar-refractivity contribution in [2.75, 3.05) is 12.4 Å². The maximum Gasteiger partial charge on any atom is 0.350 e. The lowest BCUT2D eigenvalue weighted by Crippen LogP contribution is -2.38. The zero-order chi connectivity index (χ0) is 19.9. The number of anilines is 1. The second-order valence-corrected chi connectivity index (χ2v) is 6.75. The number of hydrogen-bond donors (Lipinski definition) is 2. The van der Waals surface area contributed by atoms with Gasteiger partial charge in [-0.2, -0.15) is 0 Å². The van der Waals surface area contributed by atoms with Crippen LogP contribution in [0, 0.1) is 0 Å². The highest BCUT2D eigenvalue weighted by Crippen LogP contribution is 2.24. The molecule has 2 amide bonds. The number of benzene rings is 2. The van der Waals surface area contributed by atoms with E-state index < -0.39 is 23.8 Å². The highest BCUT2D eigenvalue weighted by molar-refractivity contribution is 7.12. The first-order valence-electron chi connectivity index (χ1n) is 8.47. The molecular weight excluding hydrogens is 376 g/mol. The molecule has 0 spiro atoms. The molecule has 0 saturated heterocycles. The molecule has 7 heteroatoms. The molecule has 142 valence electrons. The largest absolute Gasteiger partial charge is 0.465 e. The molecule has 0 saturated carbocycles. The first-order valence-corrected chi connectivity index (χ1v) is 9.35. The fourth-order valence-electron chi connectivity index (χ4n) is 2.68. The van der Waals surface area contributed by atoms with E-state index in [1.165, 1.54) is 7.11 Å². The summed E-state index contributed by atoms with van der Waals surface area (Å²) in [6, 6.07) is 19.8. The van der Waals surface area contributed by atoms with Gasteiger partial charge in [0.2, 0.25) is 0 Å². The standard InChI is InChI=1S/C21H18N2O4S/c1-27-21(26)18-16(12-13-28-18)22-19(24)20(25)23-17(14-8-4-2-5-9-14)15-10-6-3-7-11-15/h2-13,17H,1H3,(H,22,24)(H,23,25). The molecule has 0 atom stereocenters. The number of carbonyl (C=O) groups excluding carboxylic acids is 3. The molecule has 28 heavy (non-hydrogen) atoms. The fourth-order valence-corrected chi connectivity index (χ4v) is 3.45. The Labute approximate surface area is 166 Å². The first-order chi connectivity index (χ1) is 13.6. The average Bonchev–Trinajstić information content (AvgIpc) is 3.20. The highest BCUT2D eigenvalue weighted by atomic mass is 32.1. The third-order valence-corrected chi connectivity index (χ3v) is 4.93. The Bertz CT molecular complexity index is 931. The molecule has 0 aliphatic rings. The number of carbonyl (C=O) groups is 3. The van der Waals surface area contributed by atoms with Crippen LogP contribution in [0.5, 0.6) is 0 Å². The summed E-state index contributed by atoms with van der Waals surface area (Å²) in [6.07, 6.45) is 0. The maximum atomic E-state index is 12.5. The topological polar surface area (TPSA) is 84.5 Å². The van der Waals surface area contributed by atoms with E-state index in [1.807, 2.05) is 60.7 Å². The average molecular weight is 394 g/mol. The summed E-state index contributed by atoms with van der Waals surface area (Å²) in [6.45, 7) is 0. The number of rotatable bonds is 5. The van der Waals surface area contributed by atoms with E-state index in [1.54, 1.807) is 11.4 Å². The van der Waals surface area contributed by atoms with Gasteiger partial charge in [0.15, 0.2) is 0 Å². The lowest BCUT2D eigenvalue weighted by atomic mass is 9.99. The molecule has 3 aromatic rings. The van der Waals surface area contributed by atoms with Gasteiger partial charge >= 0.3 is 17.8 Å². The van der Waals surface area contributed by atoms with Gasteiger partial charge in [0.25, 0.3) is 0 Å². The van der Waals surface area contributed by atoms with Crippen LogP contribution < -0.4 is 10.6 Å². The molecule has 6 nitrogen and oxygen atoms in total. The predicted molar refractivity (Wildman–Crippen MR) is 107 cm³/mol. The molecule has 0 radical (unpaired) electrons. The van der Waals surface area contributed by atoms with Gasteiger partial charge in [0.1, 0.15) is 4.88 Å². The Morgan fingerprint density at radius 3 is 1.96 bits per heavy atom. The zero-order valence-electron chi connectivity index (χ0n) is 15.0. The van der Waals surface area contributed by atoms with Crippen molar-refractivity contribution >= 4 is 34.8 Å². The van der Waals surface area contributed by atoms with E-state index in [9.17, 15) is 14.4 Å². The molecule has 2 N–H and O–H groups in total. The third kappa shape index (κ3) is 4.44. The molecule has 2 aromatic carbocycles. The van der Waals surface area contributed by atoms with Crippen LogP contribution in [0.4, 0.5) is 5.69 Å². The van der Waals surface area contributed by atoms with E-state index in [0.29, 0.717) is 0 Å². The smallest absolute Gasteiger partial charge is 0.350 e. The summed E-state index contributed by atoms with van der Waals surface area (Å²) in [5.74, 6) is -2.24. The van der Waals surface area contributed by atoms with Crippen LogP contribution in [-0.4, -0.2) is 24.9 Å². The Hall–Kier alpha value is -3.45. The molecule has 1 aromatic heterocycles. The molecule has 0 bridgehead atoms. The van der Waals surface area contributed by atoms with Crippen molar-refractivity contribution in [2.45, 2.75) is 6.04 Å². The van der Waals surface area contributed by atoms with E-state index >= 15 is 0 Å². The Balaban J connectivity index is 1.78. The summed E-state index contributed by atoms with van der Waals surface area (Å²) in [5.41, 5.74) is 1.94. The molecule has 3 rings (SSSR count). The van der Waals surface area contributed by atoms with E-state index in [4.69, 9.17) is 0 Å². The van der Waals surface area contributed by atoms with Gasteiger partial charge in [-0.3, -0.25) is 9.59 Å². The van der Waals surface area contributed by atoms with Crippen molar-refractivity contribution in [3.8, 4) is 0 Å². The van der Waals surface area contributed by atoms with E-state index in [2.05, 4.69) is 15.4 Å². The summed E-state index contributed by atoms with van der Waals surface area (Å²) >= 11 is 1.12. The van der Waals surface area contributed by atoms with Crippen LogP contribution in [0.3, 0.4) is 0 Å². The van der Waals surface area contributed by atoms with Crippen molar-refractivity contribution in [2.24, 2.45) is 0 Å². The van der Waals surface area contributed by atoms with Crippen molar-refractivity contribution in [3.05, 3.63) is 88.1 Å². The number of hydrogen-bond acceptors (Lipinski definition) is 5. The van der Waals surface area contributed by atoms with Crippen LogP contribution in [0.2, 0.25) is 0 Å². The van der Waals surface area contributed by atoms with Crippen molar-refractivity contribution in [1.82, 2.24) is 5.32 Å². The van der Waals surface area contributed by atoms with Crippen LogP contribution in [0.1, 0.15) is 26.8 Å². The van der Waals surface area contributed by atoms with Gasteiger partial charge in [-0.15, -0.1) is 11.3 Å². The number of methoxy groups -OCH3 is 1. The number of esters is 1. The Kier molecular flexibility index (Phi) is 6.18. The van der Waals surface area contributed by atoms with Crippen LogP contribution in [0.25, 0.3) is 0 Å². The van der Waals surface area contributed by atoms with Crippen molar-refractivity contribution in [1.29, 1.82) is 0 Å². The Morgan fingerprint density at radius 1 is 0.857 bits per heavy atom. The highest BCUT2D eigenvalue weighted by Gasteiger charge is 2.23. The number of ether oxygens (including phenoxy) is 1. The van der Waals surface area contributed by atoms with E-state index in [-0.39, 0.29) is 10.6 Å². The minimum atomic E-state index is -0.861. The van der Waals surface area contributed by atoms with Crippen molar-refractivity contribution in [3.63, 3.8) is 0 Å². The minimum Gasteiger partial charge on any atom is -0.465 e. The zero-order valence-corrected chi connectivity index (χ0v) is 15.9. The summed E-state index contributed by atoms with van der Waals surface area (Å²) in [7, 11) is 1.25. The predicted octanol–water partition coefficient (Wildman–Crippen LogP) is 3.38. The normalized spacial score (nSPS) is 10.4. The fraction of sp³-hybridized carbons (Fsp3) is 0.0952. The Morgan fingerprint density at radius 2 is 1.43 bits per heavy atom. The van der Waals surface area contributed by atoms with Gasteiger partial charge in [0.05, 0.1) is 18.8 Å². The first kappa shape index (κ1) is 19.3. The molecule has 0 fully saturated rings.